The molecule has 2 aliphatic heterocycles. The number of cyclic esters (lactones) is 1. The largest absolute Gasteiger partial charge is 0.462 e. The van der Waals surface area contributed by atoms with E-state index < -0.39 is 12.6 Å². The summed E-state index contributed by atoms with van der Waals surface area (Å²) in [5.41, 5.74) is 0.978. The first-order valence-corrected chi connectivity index (χ1v) is 18.1. The first-order chi connectivity index (χ1) is 22.7. The Morgan fingerprint density at radius 1 is 1.00 bits per heavy atom. The summed E-state index contributed by atoms with van der Waals surface area (Å²) < 4.78 is 37.5. The van der Waals surface area contributed by atoms with Crippen LogP contribution in [0.2, 0.25) is 0 Å². The summed E-state index contributed by atoms with van der Waals surface area (Å²) in [6, 6.07) is 0.0242. The molecule has 12 atom stereocenters. The number of methoxy groups -OCH3 is 2. The standard InChI is InChI=1S/C39H67NO8/c1-14-19-45-38-29(9)46-39(28(8)36(38)40(10)11)48-37-27(7)25(5)22-34(42)47-33(16-3)30(15-2)20-24(4)17-18-32(41)26(6)21-31(37)23-35(43-12)44-13/h14,17-18,20,25-31,33,35-39H,1,15-16,19,21-23H2,2-13H3/b18-17+,24-20+/t25-,26-,27+,28-,29-,30+,31-,33-,36-,37-,38-,39+/m1/s1. The van der Waals surface area contributed by atoms with Crippen molar-refractivity contribution in [1.82, 2.24) is 4.90 Å². The molecular weight excluding hydrogens is 610 g/mol. The molecular formula is C39H67NO8. The lowest BCUT2D eigenvalue weighted by atomic mass is 9.76. The lowest BCUT2D eigenvalue weighted by Crippen LogP contribution is -2.60. The Labute approximate surface area is 291 Å². The normalized spacial score (nSPS) is 38.0. The quantitative estimate of drug-likeness (QED) is 0.123. The monoisotopic (exact) mass is 677 g/mol. The molecule has 0 N–H and O–H groups in total. The van der Waals surface area contributed by atoms with Crippen LogP contribution in [0.1, 0.15) is 87.5 Å². The van der Waals surface area contributed by atoms with Crippen LogP contribution in [0.3, 0.4) is 0 Å². The van der Waals surface area contributed by atoms with E-state index in [2.05, 4.69) is 59.3 Å². The predicted molar refractivity (Wildman–Crippen MR) is 190 cm³/mol. The summed E-state index contributed by atoms with van der Waals surface area (Å²) >= 11 is 0. The number of rotatable bonds is 12. The third kappa shape index (κ3) is 11.9. The van der Waals surface area contributed by atoms with Crippen molar-refractivity contribution < 1.29 is 38.0 Å². The van der Waals surface area contributed by atoms with Crippen molar-refractivity contribution in [1.29, 1.82) is 0 Å². The second-order valence-corrected chi connectivity index (χ2v) is 14.4. The minimum atomic E-state index is -0.548. The highest BCUT2D eigenvalue weighted by atomic mass is 16.7. The molecule has 9 nitrogen and oxygen atoms in total. The van der Waals surface area contributed by atoms with E-state index >= 15 is 0 Å². The zero-order valence-electron chi connectivity index (χ0n) is 32.0. The van der Waals surface area contributed by atoms with Gasteiger partial charge in [0.25, 0.3) is 0 Å². The molecule has 1 fully saturated rings. The minimum absolute atomic E-state index is 0.0242. The van der Waals surface area contributed by atoms with Crippen LogP contribution in [0.5, 0.6) is 0 Å². The molecule has 276 valence electrons. The van der Waals surface area contributed by atoms with Crippen LogP contribution in [0.15, 0.2) is 36.5 Å². The lowest BCUT2D eigenvalue weighted by Gasteiger charge is -2.49. The molecule has 0 aromatic carbocycles. The Hall–Kier alpha value is -1.88. The van der Waals surface area contributed by atoms with E-state index in [1.54, 1.807) is 26.4 Å². The molecule has 2 heterocycles. The smallest absolute Gasteiger partial charge is 0.306 e. The van der Waals surface area contributed by atoms with Gasteiger partial charge in [0.1, 0.15) is 6.10 Å². The Morgan fingerprint density at radius 2 is 1.67 bits per heavy atom. The molecule has 0 aliphatic carbocycles. The summed E-state index contributed by atoms with van der Waals surface area (Å²) in [5, 5.41) is 0. The Kier molecular flexibility index (Phi) is 18.2. The SMILES string of the molecule is C=CCO[C@H]1[C@H](N(C)C)[C@@H](C)[C@H](O[C@H]2[C@@H](CC(OC)OC)C[C@@H](C)C(=O)/C=C/C(C)=C/[C@H](CC)[C@@H](CC)OC(=O)C[C@@H](C)[C@@H]2C)O[C@@H]1C. The number of ether oxygens (including phenoxy) is 6. The molecule has 0 aromatic rings. The highest BCUT2D eigenvalue weighted by molar-refractivity contribution is 5.91. The molecule has 0 bridgehead atoms. The molecule has 0 saturated carbocycles. The van der Waals surface area contributed by atoms with E-state index in [-0.39, 0.29) is 84.1 Å². The maximum Gasteiger partial charge on any atom is 0.306 e. The maximum atomic E-state index is 13.6. The number of likely N-dealkylation sites (N-methyl/N-ethyl adjacent to an activating group) is 1. The van der Waals surface area contributed by atoms with Crippen molar-refractivity contribution in [3.05, 3.63) is 36.5 Å². The summed E-state index contributed by atoms with van der Waals surface area (Å²) in [7, 11) is 7.36. The van der Waals surface area contributed by atoms with E-state index in [0.717, 1.165) is 12.0 Å². The summed E-state index contributed by atoms with van der Waals surface area (Å²) in [5.74, 6) is -0.724. The molecule has 0 spiro atoms. The van der Waals surface area contributed by atoms with Gasteiger partial charge in [-0.15, -0.1) is 6.58 Å². The second kappa shape index (κ2) is 20.7. The van der Waals surface area contributed by atoms with Gasteiger partial charge in [0, 0.05) is 50.9 Å². The van der Waals surface area contributed by atoms with Crippen molar-refractivity contribution in [2.45, 2.75) is 131 Å². The van der Waals surface area contributed by atoms with Gasteiger partial charge in [-0.25, -0.2) is 0 Å². The number of nitrogens with zero attached hydrogens (tertiary/aromatic N) is 1. The number of esters is 1. The van der Waals surface area contributed by atoms with Crippen LogP contribution in [-0.4, -0.2) is 94.6 Å². The third-order valence-corrected chi connectivity index (χ3v) is 10.6. The Balaban J connectivity index is 2.61. The molecule has 0 radical (unpaired) electrons. The van der Waals surface area contributed by atoms with Crippen molar-refractivity contribution in [3.63, 3.8) is 0 Å². The van der Waals surface area contributed by atoms with Crippen LogP contribution in [0.25, 0.3) is 0 Å². The molecule has 9 heteroatoms. The number of carbonyl (C=O) groups excluding carboxylic acids is 2. The highest BCUT2D eigenvalue weighted by Gasteiger charge is 2.47. The fourth-order valence-corrected chi connectivity index (χ4v) is 7.50. The van der Waals surface area contributed by atoms with E-state index in [4.69, 9.17) is 28.4 Å². The molecule has 1 saturated heterocycles. The number of carbonyl (C=O) groups is 2. The van der Waals surface area contributed by atoms with Crippen molar-refractivity contribution in [2.24, 2.45) is 35.5 Å². The molecule has 2 rings (SSSR count). The van der Waals surface area contributed by atoms with E-state index in [0.29, 0.717) is 25.9 Å². The Morgan fingerprint density at radius 3 is 2.23 bits per heavy atom. The fourth-order valence-electron chi connectivity index (χ4n) is 7.50. The number of allylic oxidation sites excluding steroid dienone is 3. The zero-order valence-corrected chi connectivity index (χ0v) is 32.0. The minimum Gasteiger partial charge on any atom is -0.462 e. The molecule has 0 amide bonds. The van der Waals surface area contributed by atoms with Crippen LogP contribution in [0.4, 0.5) is 0 Å². The van der Waals surface area contributed by atoms with E-state index in [1.807, 2.05) is 33.8 Å². The molecule has 48 heavy (non-hydrogen) atoms. The Bertz CT molecular complexity index is 1050. The first kappa shape index (κ1) is 42.3. The maximum absolute atomic E-state index is 13.6. The number of hydrogen-bond donors (Lipinski definition) is 0. The second-order valence-electron chi connectivity index (χ2n) is 14.4. The van der Waals surface area contributed by atoms with Gasteiger partial charge < -0.3 is 33.3 Å². The summed E-state index contributed by atoms with van der Waals surface area (Å²) in [6.45, 7) is 20.8. The lowest BCUT2D eigenvalue weighted by molar-refractivity contribution is -0.292. The van der Waals surface area contributed by atoms with Crippen LogP contribution in [-0.2, 0) is 38.0 Å². The predicted octanol–water partition coefficient (Wildman–Crippen LogP) is 7.00. The number of ketones is 1. The van der Waals surface area contributed by atoms with Crippen molar-refractivity contribution in [3.8, 4) is 0 Å². The summed E-state index contributed by atoms with van der Waals surface area (Å²) in [4.78, 5) is 29.2. The van der Waals surface area contributed by atoms with Crippen LogP contribution < -0.4 is 0 Å². The summed E-state index contributed by atoms with van der Waals surface area (Å²) in [6.07, 6.45) is 8.24. The number of hydrogen-bond acceptors (Lipinski definition) is 9. The van der Waals surface area contributed by atoms with Gasteiger partial charge in [-0.2, -0.15) is 0 Å². The third-order valence-electron chi connectivity index (χ3n) is 10.6. The van der Waals surface area contributed by atoms with Gasteiger partial charge in [0.05, 0.1) is 24.9 Å². The molecule has 0 aromatic heterocycles. The van der Waals surface area contributed by atoms with Crippen molar-refractivity contribution in [2.75, 3.05) is 34.9 Å². The van der Waals surface area contributed by atoms with Crippen LogP contribution >= 0.6 is 0 Å². The van der Waals surface area contributed by atoms with Gasteiger partial charge in [0.15, 0.2) is 18.4 Å². The van der Waals surface area contributed by atoms with Gasteiger partial charge in [-0.3, -0.25) is 9.59 Å². The van der Waals surface area contributed by atoms with Gasteiger partial charge in [0.2, 0.25) is 0 Å². The molecule has 0 unspecified atom stereocenters. The topological polar surface area (TPSA) is 92.8 Å². The van der Waals surface area contributed by atoms with E-state index in [1.165, 1.54) is 0 Å². The fraction of sp³-hybridized carbons (Fsp3) is 0.795. The van der Waals surface area contributed by atoms with Gasteiger partial charge in [-0.05, 0) is 71.0 Å². The average Bonchev–Trinajstić information content (AvgIpc) is 3.05. The van der Waals surface area contributed by atoms with Gasteiger partial charge >= 0.3 is 5.97 Å². The van der Waals surface area contributed by atoms with E-state index in [9.17, 15) is 9.59 Å². The highest BCUT2D eigenvalue weighted by Crippen LogP contribution is 2.39. The zero-order chi connectivity index (χ0) is 36.1. The molecule has 2 aliphatic rings. The van der Waals surface area contributed by atoms with Gasteiger partial charge in [-0.1, -0.05) is 65.3 Å². The first-order valence-electron chi connectivity index (χ1n) is 18.1. The van der Waals surface area contributed by atoms with Crippen molar-refractivity contribution >= 4 is 11.8 Å². The average molecular weight is 678 g/mol. The van der Waals surface area contributed by atoms with Crippen LogP contribution in [0, 0.1) is 35.5 Å².